The number of rotatable bonds is 9. The fourth-order valence-corrected chi connectivity index (χ4v) is 1.25. The third-order valence-electron chi connectivity index (χ3n) is 2.49. The van der Waals surface area contributed by atoms with E-state index >= 15 is 0 Å². The number of hydrogen-bond donors (Lipinski definition) is 3. The Hall–Kier alpha value is -1.89. The highest BCUT2D eigenvalue weighted by Gasteiger charge is 2.20. The highest BCUT2D eigenvalue weighted by molar-refractivity contribution is 5.87. The molecule has 108 valence electrons. The van der Waals surface area contributed by atoms with Crippen LogP contribution in [0.25, 0.3) is 0 Å². The molecule has 2 amide bonds. The molecule has 0 aliphatic carbocycles. The maximum atomic E-state index is 11.7. The zero-order chi connectivity index (χ0) is 14.8. The van der Waals surface area contributed by atoms with E-state index in [4.69, 9.17) is 16.2 Å². The van der Waals surface area contributed by atoms with E-state index in [9.17, 15) is 14.4 Å². The van der Waals surface area contributed by atoms with Crippen molar-refractivity contribution in [2.24, 2.45) is 17.4 Å². The van der Waals surface area contributed by atoms with Crippen LogP contribution in [-0.4, -0.2) is 37.0 Å². The Kier molecular flexibility index (Phi) is 8.19. The Morgan fingerprint density at radius 1 is 1.42 bits per heavy atom. The van der Waals surface area contributed by atoms with Crippen LogP contribution in [0, 0.1) is 5.92 Å². The maximum Gasteiger partial charge on any atom is 0.306 e. The maximum absolute atomic E-state index is 11.7. The highest BCUT2D eigenvalue weighted by Crippen LogP contribution is 2.07. The molecule has 7 heteroatoms. The Labute approximate surface area is 112 Å². The van der Waals surface area contributed by atoms with Gasteiger partial charge >= 0.3 is 5.97 Å². The van der Waals surface area contributed by atoms with Gasteiger partial charge in [0.15, 0.2) is 0 Å². The van der Waals surface area contributed by atoms with Crippen LogP contribution in [-0.2, 0) is 19.1 Å². The van der Waals surface area contributed by atoms with Crippen molar-refractivity contribution in [3.8, 4) is 0 Å². The van der Waals surface area contributed by atoms with Gasteiger partial charge in [-0.25, -0.2) is 0 Å². The quantitative estimate of drug-likeness (QED) is 0.369. The smallest absolute Gasteiger partial charge is 0.306 e. The second-order valence-electron chi connectivity index (χ2n) is 4.11. The summed E-state index contributed by atoms with van der Waals surface area (Å²) in [6.07, 6.45) is 1.90. The lowest BCUT2D eigenvalue weighted by atomic mass is 10.0. The van der Waals surface area contributed by atoms with Crippen molar-refractivity contribution in [2.45, 2.75) is 25.8 Å². The molecule has 0 aliphatic rings. The van der Waals surface area contributed by atoms with Crippen molar-refractivity contribution in [1.82, 2.24) is 5.32 Å². The summed E-state index contributed by atoms with van der Waals surface area (Å²) in [5, 5.41) is 2.43. The van der Waals surface area contributed by atoms with Gasteiger partial charge in [0.05, 0.1) is 0 Å². The Morgan fingerprint density at radius 2 is 2.05 bits per heavy atom. The molecule has 0 saturated heterocycles. The predicted octanol–water partition coefficient (Wildman–Crippen LogP) is -0.939. The summed E-state index contributed by atoms with van der Waals surface area (Å²) in [7, 11) is 0. The second kappa shape index (κ2) is 9.09. The second-order valence-corrected chi connectivity index (χ2v) is 4.11. The average Bonchev–Trinajstić information content (AvgIpc) is 2.38. The van der Waals surface area contributed by atoms with Crippen LogP contribution >= 0.6 is 0 Å². The van der Waals surface area contributed by atoms with E-state index < -0.39 is 23.8 Å². The molecule has 2 atom stereocenters. The minimum Gasteiger partial charge on any atom is -0.461 e. The molecule has 5 N–H and O–H groups in total. The van der Waals surface area contributed by atoms with Gasteiger partial charge in [0.25, 0.3) is 0 Å². The summed E-state index contributed by atoms with van der Waals surface area (Å²) >= 11 is 0. The number of nitrogens with two attached hydrogens (primary N) is 2. The van der Waals surface area contributed by atoms with Crippen molar-refractivity contribution >= 4 is 17.8 Å². The van der Waals surface area contributed by atoms with Gasteiger partial charge in [0.1, 0.15) is 12.6 Å². The molecular weight excluding hydrogens is 250 g/mol. The van der Waals surface area contributed by atoms with E-state index in [0.29, 0.717) is 6.42 Å². The largest absolute Gasteiger partial charge is 0.461 e. The lowest BCUT2D eigenvalue weighted by Crippen LogP contribution is -2.50. The molecule has 7 nitrogen and oxygen atoms in total. The van der Waals surface area contributed by atoms with Crippen molar-refractivity contribution < 1.29 is 19.1 Å². The summed E-state index contributed by atoms with van der Waals surface area (Å²) < 4.78 is 4.78. The molecule has 0 spiro atoms. The van der Waals surface area contributed by atoms with Gasteiger partial charge in [-0.05, 0) is 6.42 Å². The Morgan fingerprint density at radius 3 is 2.53 bits per heavy atom. The van der Waals surface area contributed by atoms with Crippen LogP contribution in [0.2, 0.25) is 0 Å². The van der Waals surface area contributed by atoms with Crippen molar-refractivity contribution in [3.05, 3.63) is 12.7 Å². The zero-order valence-corrected chi connectivity index (χ0v) is 11.1. The molecule has 0 rings (SSSR count). The highest BCUT2D eigenvalue weighted by atomic mass is 16.5. The molecule has 0 fully saturated rings. The standard InChI is InChI=1S/C12H21N3O4/c1-3-6-19-10(16)5-4-8(2)12(18)15-9(7-13)11(14)17/h3,8-9H,1,4-7,13H2,2H3,(H2,14,17)(H,15,18)/t8-,9-/m0/s1. The topological polar surface area (TPSA) is 125 Å². The number of esters is 1. The van der Waals surface area contributed by atoms with Gasteiger partial charge in [-0.2, -0.15) is 0 Å². The van der Waals surface area contributed by atoms with Crippen molar-refractivity contribution in [2.75, 3.05) is 13.2 Å². The molecule has 0 aliphatic heterocycles. The lowest BCUT2D eigenvalue weighted by molar-refractivity contribution is -0.143. The van der Waals surface area contributed by atoms with Crippen molar-refractivity contribution in [3.63, 3.8) is 0 Å². The number of primary amides is 1. The third-order valence-corrected chi connectivity index (χ3v) is 2.49. The summed E-state index contributed by atoms with van der Waals surface area (Å²) in [4.78, 5) is 33.8. The number of ether oxygens (including phenoxy) is 1. The first-order valence-corrected chi connectivity index (χ1v) is 5.98. The van der Waals surface area contributed by atoms with E-state index in [1.165, 1.54) is 6.08 Å². The van der Waals surface area contributed by atoms with Gasteiger partial charge in [0, 0.05) is 18.9 Å². The normalized spacial score (nSPS) is 13.2. The number of carbonyl (C=O) groups is 3. The van der Waals surface area contributed by atoms with E-state index in [1.54, 1.807) is 6.92 Å². The molecule has 0 aromatic carbocycles. The number of nitrogens with one attached hydrogen (secondary N) is 1. The van der Waals surface area contributed by atoms with Gasteiger partial charge in [-0.1, -0.05) is 19.6 Å². The van der Waals surface area contributed by atoms with Crippen LogP contribution in [0.3, 0.4) is 0 Å². The van der Waals surface area contributed by atoms with Gasteiger partial charge < -0.3 is 21.5 Å². The van der Waals surface area contributed by atoms with Crippen molar-refractivity contribution in [1.29, 1.82) is 0 Å². The first-order valence-electron chi connectivity index (χ1n) is 5.98. The first kappa shape index (κ1) is 17.1. The minimum atomic E-state index is -0.886. The first-order chi connectivity index (χ1) is 8.92. The number of amides is 2. The van der Waals surface area contributed by atoms with Gasteiger partial charge in [-0.15, -0.1) is 0 Å². The van der Waals surface area contributed by atoms with E-state index in [2.05, 4.69) is 11.9 Å². The SMILES string of the molecule is C=CCOC(=O)CC[C@H](C)C(=O)N[C@@H](CN)C(N)=O. The van der Waals surface area contributed by atoms with Crippen LogP contribution in [0.15, 0.2) is 12.7 Å². The van der Waals surface area contributed by atoms with Gasteiger partial charge in [-0.3, -0.25) is 14.4 Å². The summed E-state index contributed by atoms with van der Waals surface area (Å²) in [6, 6.07) is -0.886. The van der Waals surface area contributed by atoms with E-state index in [0.717, 1.165) is 0 Å². The molecule has 0 bridgehead atoms. The fraction of sp³-hybridized carbons (Fsp3) is 0.583. The van der Waals surface area contributed by atoms with Crippen LogP contribution in [0.4, 0.5) is 0 Å². The summed E-state index contributed by atoms with van der Waals surface area (Å²) in [5.41, 5.74) is 10.4. The number of hydrogen-bond acceptors (Lipinski definition) is 5. The molecule has 0 saturated carbocycles. The summed E-state index contributed by atoms with van der Waals surface area (Å²) in [5.74, 6) is -1.89. The summed E-state index contributed by atoms with van der Waals surface area (Å²) in [6.45, 7) is 5.15. The molecule has 0 unspecified atom stereocenters. The molecule has 0 aromatic rings. The van der Waals surface area contributed by atoms with Crippen LogP contribution in [0.5, 0.6) is 0 Å². The monoisotopic (exact) mass is 271 g/mol. The lowest BCUT2D eigenvalue weighted by Gasteiger charge is -2.16. The minimum absolute atomic E-state index is 0.0603. The average molecular weight is 271 g/mol. The fourth-order valence-electron chi connectivity index (χ4n) is 1.25. The zero-order valence-electron chi connectivity index (χ0n) is 11.1. The van der Waals surface area contributed by atoms with Crippen LogP contribution < -0.4 is 16.8 Å². The number of carbonyl (C=O) groups excluding carboxylic acids is 3. The Bertz CT molecular complexity index is 344. The molecular formula is C12H21N3O4. The molecule has 0 aromatic heterocycles. The van der Waals surface area contributed by atoms with Gasteiger partial charge in [0.2, 0.25) is 11.8 Å². The van der Waals surface area contributed by atoms with Crippen LogP contribution in [0.1, 0.15) is 19.8 Å². The Balaban J connectivity index is 4.09. The molecule has 0 radical (unpaired) electrons. The predicted molar refractivity (Wildman–Crippen MR) is 69.7 cm³/mol. The van der Waals surface area contributed by atoms with E-state index in [-0.39, 0.29) is 25.5 Å². The third kappa shape index (κ3) is 7.20. The van der Waals surface area contributed by atoms with E-state index in [1.807, 2.05) is 0 Å². The molecule has 19 heavy (non-hydrogen) atoms. The molecule has 0 heterocycles.